The molecule has 1 aliphatic carbocycles. The number of rotatable bonds is 4. The standard InChI is InChI=1S/C16H18FN5O/c17-7-11-8-22(16(23)13-3-1-2-6-18-13)9-12(11)15-19-14(20-21-15)10-4-5-10/h1-3,6,10-12H,4-5,7-9H2,(H,19,20,21). The van der Waals surface area contributed by atoms with Gasteiger partial charge in [0.05, 0.1) is 6.67 Å². The summed E-state index contributed by atoms with van der Waals surface area (Å²) in [4.78, 5) is 22.8. The lowest BCUT2D eigenvalue weighted by atomic mass is 9.97. The maximum atomic E-state index is 13.4. The minimum absolute atomic E-state index is 0.132. The van der Waals surface area contributed by atoms with Crippen molar-refractivity contribution in [2.45, 2.75) is 24.7 Å². The highest BCUT2D eigenvalue weighted by Gasteiger charge is 2.39. The third-order valence-electron chi connectivity index (χ3n) is 4.62. The summed E-state index contributed by atoms with van der Waals surface area (Å²) >= 11 is 0. The number of carbonyl (C=O) groups is 1. The molecule has 120 valence electrons. The van der Waals surface area contributed by atoms with E-state index in [1.54, 1.807) is 29.3 Å². The maximum Gasteiger partial charge on any atom is 0.272 e. The molecule has 6 nitrogen and oxygen atoms in total. The summed E-state index contributed by atoms with van der Waals surface area (Å²) in [6, 6.07) is 5.22. The lowest BCUT2D eigenvalue weighted by Crippen LogP contribution is -2.29. The summed E-state index contributed by atoms with van der Waals surface area (Å²) < 4.78 is 13.4. The van der Waals surface area contributed by atoms with Gasteiger partial charge in [0.25, 0.3) is 5.91 Å². The Bertz CT molecular complexity index is 700. The van der Waals surface area contributed by atoms with E-state index in [0.717, 1.165) is 18.7 Å². The maximum absolute atomic E-state index is 13.4. The van der Waals surface area contributed by atoms with Crippen molar-refractivity contribution in [3.05, 3.63) is 41.7 Å². The lowest BCUT2D eigenvalue weighted by Gasteiger charge is -2.15. The Hall–Kier alpha value is -2.31. The van der Waals surface area contributed by atoms with Crippen LogP contribution in [0.15, 0.2) is 24.4 Å². The van der Waals surface area contributed by atoms with Gasteiger partial charge in [-0.05, 0) is 25.0 Å². The number of alkyl halides is 1. The number of aromatic nitrogens is 4. The van der Waals surface area contributed by atoms with Crippen molar-refractivity contribution in [1.82, 2.24) is 25.1 Å². The van der Waals surface area contributed by atoms with E-state index in [4.69, 9.17) is 0 Å². The molecule has 4 rings (SSSR count). The number of nitrogens with zero attached hydrogens (tertiary/aromatic N) is 4. The van der Waals surface area contributed by atoms with Crippen molar-refractivity contribution in [3.63, 3.8) is 0 Å². The van der Waals surface area contributed by atoms with E-state index in [9.17, 15) is 9.18 Å². The lowest BCUT2D eigenvalue weighted by molar-refractivity contribution is 0.0778. The largest absolute Gasteiger partial charge is 0.336 e. The molecule has 1 amide bonds. The smallest absolute Gasteiger partial charge is 0.272 e. The number of pyridine rings is 1. The molecule has 7 heteroatoms. The molecule has 1 saturated carbocycles. The molecule has 2 fully saturated rings. The van der Waals surface area contributed by atoms with Crippen LogP contribution < -0.4 is 0 Å². The van der Waals surface area contributed by atoms with Crippen LogP contribution in [-0.4, -0.2) is 50.7 Å². The average Bonchev–Trinajstić information content (AvgIpc) is 3.17. The van der Waals surface area contributed by atoms with Gasteiger partial charge in [-0.1, -0.05) is 6.07 Å². The van der Waals surface area contributed by atoms with Crippen molar-refractivity contribution >= 4 is 5.91 Å². The van der Waals surface area contributed by atoms with Crippen LogP contribution in [0.25, 0.3) is 0 Å². The fourth-order valence-electron chi connectivity index (χ4n) is 3.13. The van der Waals surface area contributed by atoms with Gasteiger partial charge in [0.2, 0.25) is 0 Å². The summed E-state index contributed by atoms with van der Waals surface area (Å²) in [5.74, 6) is 1.44. The predicted octanol–water partition coefficient (Wildman–Crippen LogP) is 1.90. The molecule has 0 spiro atoms. The first-order chi connectivity index (χ1) is 11.3. The van der Waals surface area contributed by atoms with Gasteiger partial charge in [0.1, 0.15) is 11.5 Å². The number of nitrogens with one attached hydrogen (secondary N) is 1. The summed E-state index contributed by atoms with van der Waals surface area (Å²) in [7, 11) is 0. The Morgan fingerprint density at radius 3 is 2.91 bits per heavy atom. The van der Waals surface area contributed by atoms with Crippen molar-refractivity contribution in [2.75, 3.05) is 19.8 Å². The fourth-order valence-corrected chi connectivity index (χ4v) is 3.13. The van der Waals surface area contributed by atoms with Crippen LogP contribution in [0.3, 0.4) is 0 Å². The third kappa shape index (κ3) is 2.71. The van der Waals surface area contributed by atoms with Crippen molar-refractivity contribution in [1.29, 1.82) is 0 Å². The molecule has 0 radical (unpaired) electrons. The van der Waals surface area contributed by atoms with Crippen molar-refractivity contribution in [3.8, 4) is 0 Å². The van der Waals surface area contributed by atoms with Crippen LogP contribution in [0.1, 0.15) is 46.8 Å². The number of H-pyrrole nitrogens is 1. The third-order valence-corrected chi connectivity index (χ3v) is 4.62. The SMILES string of the molecule is O=C(c1ccccn1)N1CC(CF)C(c2nc(C3CC3)n[nH]2)C1. The Kier molecular flexibility index (Phi) is 3.55. The highest BCUT2D eigenvalue weighted by Crippen LogP contribution is 2.39. The first-order valence-corrected chi connectivity index (χ1v) is 7.94. The zero-order valence-electron chi connectivity index (χ0n) is 12.7. The number of halogens is 1. The first-order valence-electron chi connectivity index (χ1n) is 7.94. The van der Waals surface area contributed by atoms with E-state index in [1.165, 1.54) is 0 Å². The molecule has 2 aromatic rings. The molecule has 0 aromatic carbocycles. The molecule has 2 aromatic heterocycles. The Labute approximate surface area is 133 Å². The second-order valence-corrected chi connectivity index (χ2v) is 6.30. The van der Waals surface area contributed by atoms with Crippen LogP contribution in [0.2, 0.25) is 0 Å². The normalized spacial score (nSPS) is 24.1. The summed E-state index contributed by atoms with van der Waals surface area (Å²) in [5.41, 5.74) is 0.391. The first kappa shape index (κ1) is 14.3. The quantitative estimate of drug-likeness (QED) is 0.935. The number of aromatic amines is 1. The van der Waals surface area contributed by atoms with Gasteiger partial charge in [-0.3, -0.25) is 19.3 Å². The van der Waals surface area contributed by atoms with E-state index < -0.39 is 6.67 Å². The minimum Gasteiger partial charge on any atom is -0.336 e. The van der Waals surface area contributed by atoms with Gasteiger partial charge in [-0.25, -0.2) is 4.98 Å². The van der Waals surface area contributed by atoms with Gasteiger partial charge in [-0.15, -0.1) is 0 Å². The summed E-state index contributed by atoms with van der Waals surface area (Å²) in [6.45, 7) is 0.357. The van der Waals surface area contributed by atoms with E-state index in [-0.39, 0.29) is 17.7 Å². The molecule has 1 saturated heterocycles. The number of carbonyl (C=O) groups excluding carboxylic acids is 1. The summed E-state index contributed by atoms with van der Waals surface area (Å²) in [6.07, 6.45) is 3.84. The Morgan fingerprint density at radius 2 is 2.22 bits per heavy atom. The molecule has 1 aliphatic heterocycles. The Morgan fingerprint density at radius 1 is 1.35 bits per heavy atom. The van der Waals surface area contributed by atoms with Crippen LogP contribution in [0.5, 0.6) is 0 Å². The highest BCUT2D eigenvalue weighted by atomic mass is 19.1. The van der Waals surface area contributed by atoms with Crippen LogP contribution in [-0.2, 0) is 0 Å². The number of amides is 1. The Balaban J connectivity index is 1.53. The molecular formula is C16H18FN5O. The molecule has 2 unspecified atom stereocenters. The van der Waals surface area contributed by atoms with Crippen LogP contribution in [0.4, 0.5) is 4.39 Å². The molecule has 2 aliphatic rings. The number of likely N-dealkylation sites (tertiary alicyclic amines) is 1. The predicted molar refractivity (Wildman–Crippen MR) is 80.7 cm³/mol. The molecule has 0 bridgehead atoms. The van der Waals surface area contributed by atoms with Gasteiger partial charge < -0.3 is 4.90 Å². The average molecular weight is 315 g/mol. The van der Waals surface area contributed by atoms with Gasteiger partial charge in [0.15, 0.2) is 5.82 Å². The number of hydrogen-bond donors (Lipinski definition) is 1. The summed E-state index contributed by atoms with van der Waals surface area (Å²) in [5, 5.41) is 7.20. The number of hydrogen-bond acceptors (Lipinski definition) is 4. The zero-order chi connectivity index (χ0) is 15.8. The molecule has 3 heterocycles. The van der Waals surface area contributed by atoms with E-state index >= 15 is 0 Å². The minimum atomic E-state index is -0.476. The van der Waals surface area contributed by atoms with E-state index in [2.05, 4.69) is 20.2 Å². The van der Waals surface area contributed by atoms with E-state index in [1.807, 2.05) is 0 Å². The van der Waals surface area contributed by atoms with Crippen LogP contribution in [0, 0.1) is 5.92 Å². The van der Waals surface area contributed by atoms with Gasteiger partial charge in [-0.2, -0.15) is 5.10 Å². The van der Waals surface area contributed by atoms with Crippen LogP contribution >= 0.6 is 0 Å². The topological polar surface area (TPSA) is 74.8 Å². The van der Waals surface area contributed by atoms with Crippen molar-refractivity contribution in [2.24, 2.45) is 5.92 Å². The molecular weight excluding hydrogens is 297 g/mol. The highest BCUT2D eigenvalue weighted by molar-refractivity contribution is 5.92. The zero-order valence-corrected chi connectivity index (χ0v) is 12.7. The van der Waals surface area contributed by atoms with Crippen molar-refractivity contribution < 1.29 is 9.18 Å². The molecule has 23 heavy (non-hydrogen) atoms. The molecule has 2 atom stereocenters. The monoisotopic (exact) mass is 315 g/mol. The van der Waals surface area contributed by atoms with Gasteiger partial charge >= 0.3 is 0 Å². The van der Waals surface area contributed by atoms with Gasteiger partial charge in [0, 0.05) is 37.0 Å². The molecule has 1 N–H and O–H groups in total. The van der Waals surface area contributed by atoms with E-state index in [0.29, 0.717) is 30.5 Å². The second kappa shape index (κ2) is 5.72. The fraction of sp³-hybridized carbons (Fsp3) is 0.500. The second-order valence-electron chi connectivity index (χ2n) is 6.30.